The van der Waals surface area contributed by atoms with Gasteiger partial charge >= 0.3 is 0 Å². The molecule has 0 saturated carbocycles. The van der Waals surface area contributed by atoms with Crippen molar-refractivity contribution in [2.75, 3.05) is 40.1 Å². The van der Waals surface area contributed by atoms with Crippen molar-refractivity contribution in [3.05, 3.63) is 0 Å². The van der Waals surface area contributed by atoms with Crippen LogP contribution in [-0.4, -0.2) is 143 Å². The molecule has 0 aromatic rings. The van der Waals surface area contributed by atoms with Crippen molar-refractivity contribution < 1.29 is 69.2 Å². The number of rotatable bonds is 26. The zero-order chi connectivity index (χ0) is 33.7. The van der Waals surface area contributed by atoms with Crippen LogP contribution in [0.1, 0.15) is 96.8 Å². The lowest BCUT2D eigenvalue weighted by molar-refractivity contribution is -0.359. The fraction of sp³-hybridized carbons (Fsp3) is 1.00. The summed E-state index contributed by atoms with van der Waals surface area (Å²) < 4.78 is 27.3. The van der Waals surface area contributed by atoms with Crippen LogP contribution in [0.15, 0.2) is 0 Å². The smallest absolute Gasteiger partial charge is 0.187 e. The first-order valence-electron chi connectivity index (χ1n) is 17.3. The lowest BCUT2D eigenvalue weighted by atomic mass is 9.97. The average molecular weight is 671 g/mol. The standard InChI is InChI=1S/C32H62O14/c1-3-4-5-6-7-8-9-10-11-12-13-14-15-16-17-42-43-21-22(40-2)20-41-30-25(35)23(18-33)45-32(28(30)38)46-29-24(19-34)44-31(39)27(37)26(29)36/h22-39H,3-21H2,1-2H3/t22-,23+,24+,25+,26+,27+,28+,29+,30-,31+,32+/m0/s1. The summed E-state index contributed by atoms with van der Waals surface area (Å²) in [5, 5.41) is 71.0. The summed E-state index contributed by atoms with van der Waals surface area (Å²) in [5.74, 6) is 0. The van der Waals surface area contributed by atoms with E-state index in [2.05, 4.69) is 6.92 Å². The Bertz CT molecular complexity index is 733. The quantitative estimate of drug-likeness (QED) is 0.0391. The highest BCUT2D eigenvalue weighted by Crippen LogP contribution is 2.30. The third kappa shape index (κ3) is 14.5. The third-order valence-electron chi connectivity index (χ3n) is 8.68. The van der Waals surface area contributed by atoms with Crippen LogP contribution in [-0.2, 0) is 33.5 Å². The van der Waals surface area contributed by atoms with Crippen LogP contribution < -0.4 is 0 Å². The Kier molecular flexibility index (Phi) is 22.2. The van der Waals surface area contributed by atoms with Crippen LogP contribution in [0.4, 0.5) is 0 Å². The van der Waals surface area contributed by atoms with Gasteiger partial charge in [0.25, 0.3) is 0 Å². The molecule has 14 heteroatoms. The number of hydrogen-bond donors (Lipinski definition) is 7. The zero-order valence-corrected chi connectivity index (χ0v) is 27.8. The molecule has 2 fully saturated rings. The van der Waals surface area contributed by atoms with Gasteiger partial charge in [0.2, 0.25) is 0 Å². The molecule has 0 unspecified atom stereocenters. The highest BCUT2D eigenvalue weighted by Gasteiger charge is 2.51. The van der Waals surface area contributed by atoms with Gasteiger partial charge in [0.05, 0.1) is 26.4 Å². The maximum absolute atomic E-state index is 10.9. The molecule has 2 heterocycles. The molecule has 0 bridgehead atoms. The summed E-state index contributed by atoms with van der Waals surface area (Å²) in [6.07, 6.45) is 2.09. The van der Waals surface area contributed by atoms with E-state index in [1.165, 1.54) is 84.2 Å². The van der Waals surface area contributed by atoms with Crippen molar-refractivity contribution in [1.29, 1.82) is 0 Å². The number of ether oxygens (including phenoxy) is 5. The monoisotopic (exact) mass is 670 g/mol. The van der Waals surface area contributed by atoms with Gasteiger partial charge in [-0.1, -0.05) is 90.4 Å². The largest absolute Gasteiger partial charge is 0.394 e. The molecule has 14 nitrogen and oxygen atoms in total. The molecule has 46 heavy (non-hydrogen) atoms. The number of unbranched alkanes of at least 4 members (excludes halogenated alkanes) is 13. The topological polar surface area (TPSA) is 206 Å². The summed E-state index contributed by atoms with van der Waals surface area (Å²) >= 11 is 0. The highest BCUT2D eigenvalue weighted by molar-refractivity contribution is 4.94. The van der Waals surface area contributed by atoms with Gasteiger partial charge in [-0.15, -0.1) is 0 Å². The van der Waals surface area contributed by atoms with Crippen LogP contribution in [0.5, 0.6) is 0 Å². The fourth-order valence-electron chi connectivity index (χ4n) is 5.69. The van der Waals surface area contributed by atoms with Crippen LogP contribution in [0.25, 0.3) is 0 Å². The van der Waals surface area contributed by atoms with E-state index in [4.69, 9.17) is 33.5 Å². The minimum atomic E-state index is -1.76. The number of aliphatic hydroxyl groups excluding tert-OH is 7. The molecule has 2 rings (SSSR count). The van der Waals surface area contributed by atoms with Crippen LogP contribution in [0, 0.1) is 0 Å². The van der Waals surface area contributed by atoms with Gasteiger partial charge in [-0.3, -0.25) is 0 Å². The Morgan fingerprint density at radius 1 is 0.587 bits per heavy atom. The van der Waals surface area contributed by atoms with Gasteiger partial charge in [0.15, 0.2) is 12.6 Å². The molecule has 0 amide bonds. The molecule has 0 spiro atoms. The van der Waals surface area contributed by atoms with Crippen molar-refractivity contribution in [2.24, 2.45) is 0 Å². The van der Waals surface area contributed by atoms with E-state index >= 15 is 0 Å². The fourth-order valence-corrected chi connectivity index (χ4v) is 5.69. The van der Waals surface area contributed by atoms with Crippen molar-refractivity contribution >= 4 is 0 Å². The van der Waals surface area contributed by atoms with Crippen molar-refractivity contribution in [3.8, 4) is 0 Å². The van der Waals surface area contributed by atoms with E-state index < -0.39 is 80.7 Å². The Balaban J connectivity index is 1.63. The molecule has 274 valence electrons. The molecule has 0 aromatic heterocycles. The minimum absolute atomic E-state index is 0.0257. The summed E-state index contributed by atoms with van der Waals surface area (Å²) in [6, 6.07) is 0. The lowest BCUT2D eigenvalue weighted by Gasteiger charge is -2.46. The highest BCUT2D eigenvalue weighted by atomic mass is 17.2. The zero-order valence-electron chi connectivity index (χ0n) is 27.8. The van der Waals surface area contributed by atoms with E-state index in [1.54, 1.807) is 0 Å². The molecular formula is C32H62O14. The van der Waals surface area contributed by atoms with Gasteiger partial charge in [0.1, 0.15) is 61.5 Å². The summed E-state index contributed by atoms with van der Waals surface area (Å²) in [5.41, 5.74) is 0. The first kappa shape index (κ1) is 41.6. The first-order chi connectivity index (χ1) is 22.3. The van der Waals surface area contributed by atoms with E-state index in [0.717, 1.165) is 12.8 Å². The Morgan fingerprint density at radius 2 is 1.15 bits per heavy atom. The molecule has 0 aromatic carbocycles. The Labute approximate surface area is 273 Å². The number of methoxy groups -OCH3 is 1. The van der Waals surface area contributed by atoms with Gasteiger partial charge in [-0.25, -0.2) is 9.78 Å². The first-order valence-corrected chi connectivity index (χ1v) is 17.3. The molecule has 7 N–H and O–H groups in total. The molecule has 0 radical (unpaired) electrons. The second-order valence-corrected chi connectivity index (χ2v) is 12.4. The van der Waals surface area contributed by atoms with E-state index in [1.807, 2.05) is 0 Å². The van der Waals surface area contributed by atoms with Crippen LogP contribution >= 0.6 is 0 Å². The van der Waals surface area contributed by atoms with Gasteiger partial charge < -0.3 is 59.4 Å². The third-order valence-corrected chi connectivity index (χ3v) is 8.68. The second kappa shape index (κ2) is 24.6. The minimum Gasteiger partial charge on any atom is -0.394 e. The molecule has 2 aliphatic heterocycles. The predicted octanol–water partition coefficient (Wildman–Crippen LogP) is 1.07. The number of aliphatic hydroxyl groups is 7. The average Bonchev–Trinajstić information content (AvgIpc) is 3.06. The molecule has 11 atom stereocenters. The summed E-state index contributed by atoms with van der Waals surface area (Å²) in [7, 11) is 1.45. The number of hydrogen-bond acceptors (Lipinski definition) is 14. The van der Waals surface area contributed by atoms with E-state index in [-0.39, 0.29) is 13.2 Å². The van der Waals surface area contributed by atoms with Crippen molar-refractivity contribution in [3.63, 3.8) is 0 Å². The summed E-state index contributed by atoms with van der Waals surface area (Å²) in [6.45, 7) is 1.27. The van der Waals surface area contributed by atoms with Crippen molar-refractivity contribution in [1.82, 2.24) is 0 Å². The molecule has 2 aliphatic rings. The maximum Gasteiger partial charge on any atom is 0.187 e. The van der Waals surface area contributed by atoms with Gasteiger partial charge in [-0.05, 0) is 6.42 Å². The van der Waals surface area contributed by atoms with Crippen LogP contribution in [0.3, 0.4) is 0 Å². The summed E-state index contributed by atoms with van der Waals surface area (Å²) in [4.78, 5) is 10.6. The Hall–Kier alpha value is -0.560. The lowest BCUT2D eigenvalue weighted by Crippen LogP contribution is -2.65. The van der Waals surface area contributed by atoms with E-state index in [0.29, 0.717) is 6.61 Å². The second-order valence-electron chi connectivity index (χ2n) is 12.4. The van der Waals surface area contributed by atoms with Crippen LogP contribution in [0.2, 0.25) is 0 Å². The molecule has 0 aliphatic carbocycles. The molecular weight excluding hydrogens is 608 g/mol. The normalized spacial score (nSPS) is 32.5. The molecule has 2 saturated heterocycles. The van der Waals surface area contributed by atoms with Crippen molar-refractivity contribution in [2.45, 2.75) is 164 Å². The SMILES string of the molecule is CCCCCCCCCCCCCCCCOOC[C@H](CO[C@@H]1[C@@H](O)[C@@H](O[C@H]2[C@H](O)[C@@H](O)[C@H](O)O[C@@H]2CO)O[C@H](CO)[C@H]1O)OC. The predicted molar refractivity (Wildman–Crippen MR) is 165 cm³/mol. The maximum atomic E-state index is 10.9. The Morgan fingerprint density at radius 3 is 1.70 bits per heavy atom. The van der Waals surface area contributed by atoms with Gasteiger partial charge in [0, 0.05) is 7.11 Å². The van der Waals surface area contributed by atoms with E-state index in [9.17, 15) is 35.7 Å². The van der Waals surface area contributed by atoms with Gasteiger partial charge in [-0.2, -0.15) is 0 Å².